The zero-order valence-electron chi connectivity index (χ0n) is 14.7. The van der Waals surface area contributed by atoms with Crippen LogP contribution >= 0.6 is 11.8 Å². The Kier molecular flexibility index (Phi) is 6.74. The van der Waals surface area contributed by atoms with Crippen molar-refractivity contribution in [2.24, 2.45) is 4.99 Å². The van der Waals surface area contributed by atoms with Crippen LogP contribution in [0.15, 0.2) is 9.52 Å². The predicted octanol–water partition coefficient (Wildman–Crippen LogP) is 2.58. The Balaban J connectivity index is 1.65. The lowest BCUT2D eigenvalue weighted by atomic mass is 10.1. The zero-order chi connectivity index (χ0) is 16.7. The Morgan fingerprint density at radius 3 is 2.87 bits per heavy atom. The molecule has 1 atom stereocenters. The first kappa shape index (κ1) is 18.1. The van der Waals surface area contributed by atoms with Gasteiger partial charge < -0.3 is 15.2 Å². The maximum absolute atomic E-state index is 5.25. The highest BCUT2D eigenvalue weighted by Gasteiger charge is 2.29. The van der Waals surface area contributed by atoms with Gasteiger partial charge in [0.2, 0.25) is 5.89 Å². The quantitative estimate of drug-likeness (QED) is 0.452. The van der Waals surface area contributed by atoms with Gasteiger partial charge in [-0.2, -0.15) is 16.7 Å². The molecule has 1 fully saturated rings. The molecule has 6 nitrogen and oxygen atoms in total. The van der Waals surface area contributed by atoms with Crippen molar-refractivity contribution in [3.05, 3.63) is 11.7 Å². The van der Waals surface area contributed by atoms with E-state index < -0.39 is 0 Å². The van der Waals surface area contributed by atoms with Gasteiger partial charge in [0.1, 0.15) is 0 Å². The fraction of sp³-hybridized carbons (Fsp3) is 0.812. The molecule has 1 aromatic heterocycles. The fourth-order valence-corrected chi connectivity index (χ4v) is 3.76. The van der Waals surface area contributed by atoms with Gasteiger partial charge in [0.05, 0.1) is 0 Å². The number of rotatable bonds is 7. The maximum atomic E-state index is 5.25. The van der Waals surface area contributed by atoms with Gasteiger partial charge in [0.25, 0.3) is 0 Å². The van der Waals surface area contributed by atoms with E-state index in [0.29, 0.717) is 16.6 Å². The van der Waals surface area contributed by atoms with E-state index in [1.54, 1.807) is 0 Å². The molecular weight excluding hydrogens is 310 g/mol. The van der Waals surface area contributed by atoms with Gasteiger partial charge in [-0.15, -0.1) is 0 Å². The van der Waals surface area contributed by atoms with Crippen molar-refractivity contribution < 1.29 is 4.52 Å². The van der Waals surface area contributed by atoms with Crippen LogP contribution in [0.2, 0.25) is 0 Å². The topological polar surface area (TPSA) is 75.3 Å². The number of thioether (sulfide) groups is 1. The molecule has 1 unspecified atom stereocenters. The molecule has 23 heavy (non-hydrogen) atoms. The Morgan fingerprint density at radius 2 is 2.26 bits per heavy atom. The maximum Gasteiger partial charge on any atom is 0.226 e. The standard InChI is InChI=1S/C16H29N5OS/c1-12(2)14-20-13(22-21-14)7-5-9-18-15(17-4)19-11-16(3)8-6-10-23-16/h12H,5-11H2,1-4H3,(H2,17,18,19). The average Bonchev–Trinajstić information content (AvgIpc) is 3.16. The first-order valence-electron chi connectivity index (χ1n) is 8.43. The van der Waals surface area contributed by atoms with Crippen molar-refractivity contribution in [3.8, 4) is 0 Å². The number of nitrogens with one attached hydrogen (secondary N) is 2. The van der Waals surface area contributed by atoms with Crippen LogP contribution in [-0.4, -0.2) is 46.7 Å². The summed E-state index contributed by atoms with van der Waals surface area (Å²) in [6, 6.07) is 0. The van der Waals surface area contributed by atoms with Crippen LogP contribution in [0.4, 0.5) is 0 Å². The molecule has 0 bridgehead atoms. The molecule has 2 heterocycles. The molecule has 0 saturated carbocycles. The Bertz CT molecular complexity index is 508. The Hall–Kier alpha value is -1.24. The molecule has 0 spiro atoms. The summed E-state index contributed by atoms with van der Waals surface area (Å²) in [7, 11) is 1.81. The van der Waals surface area contributed by atoms with E-state index in [2.05, 4.69) is 58.3 Å². The zero-order valence-corrected chi connectivity index (χ0v) is 15.5. The fourth-order valence-electron chi connectivity index (χ4n) is 2.52. The van der Waals surface area contributed by atoms with Crippen LogP contribution in [0.5, 0.6) is 0 Å². The summed E-state index contributed by atoms with van der Waals surface area (Å²) in [5, 5.41) is 10.8. The van der Waals surface area contributed by atoms with Crippen LogP contribution in [0.3, 0.4) is 0 Å². The molecule has 130 valence electrons. The SMILES string of the molecule is CN=C(NCCCc1nc(C(C)C)no1)NCC1(C)CCCS1. The summed E-state index contributed by atoms with van der Waals surface area (Å²) in [4.78, 5) is 8.68. The van der Waals surface area contributed by atoms with Crippen LogP contribution in [0, 0.1) is 0 Å². The van der Waals surface area contributed by atoms with Crippen LogP contribution in [0.25, 0.3) is 0 Å². The largest absolute Gasteiger partial charge is 0.356 e. The summed E-state index contributed by atoms with van der Waals surface area (Å²) < 4.78 is 5.59. The van der Waals surface area contributed by atoms with Crippen molar-refractivity contribution in [3.63, 3.8) is 0 Å². The number of hydrogen-bond donors (Lipinski definition) is 2. The van der Waals surface area contributed by atoms with E-state index in [4.69, 9.17) is 4.52 Å². The molecule has 1 saturated heterocycles. The van der Waals surface area contributed by atoms with Crippen LogP contribution < -0.4 is 10.6 Å². The van der Waals surface area contributed by atoms with E-state index in [0.717, 1.165) is 37.7 Å². The van der Waals surface area contributed by atoms with Crippen LogP contribution in [0.1, 0.15) is 57.7 Å². The van der Waals surface area contributed by atoms with E-state index in [1.807, 2.05) is 7.05 Å². The molecule has 7 heteroatoms. The third-order valence-electron chi connectivity index (χ3n) is 4.01. The van der Waals surface area contributed by atoms with Crippen molar-refractivity contribution in [1.29, 1.82) is 0 Å². The predicted molar refractivity (Wildman–Crippen MR) is 96.2 cm³/mol. The summed E-state index contributed by atoms with van der Waals surface area (Å²) in [5.41, 5.74) is 0. The Labute approximate surface area is 143 Å². The number of hydrogen-bond acceptors (Lipinski definition) is 5. The minimum absolute atomic E-state index is 0.309. The summed E-state index contributed by atoms with van der Waals surface area (Å²) in [5.74, 6) is 3.95. The lowest BCUT2D eigenvalue weighted by Crippen LogP contribution is -2.43. The third-order valence-corrected chi connectivity index (χ3v) is 5.55. The van der Waals surface area contributed by atoms with Gasteiger partial charge in [0.15, 0.2) is 11.8 Å². The first-order valence-corrected chi connectivity index (χ1v) is 9.42. The molecule has 2 N–H and O–H groups in total. The van der Waals surface area contributed by atoms with Crippen LogP contribution in [-0.2, 0) is 6.42 Å². The molecule has 0 amide bonds. The summed E-state index contributed by atoms with van der Waals surface area (Å²) in [6.45, 7) is 8.25. The number of nitrogens with zero attached hydrogens (tertiary/aromatic N) is 3. The molecule has 1 aliphatic rings. The molecule has 0 aromatic carbocycles. The number of aryl methyl sites for hydroxylation is 1. The van der Waals surface area contributed by atoms with Gasteiger partial charge in [-0.3, -0.25) is 4.99 Å². The number of aliphatic imine (C=N–C) groups is 1. The third kappa shape index (κ3) is 5.71. The number of aromatic nitrogens is 2. The second-order valence-electron chi connectivity index (χ2n) is 6.56. The van der Waals surface area contributed by atoms with Gasteiger partial charge >= 0.3 is 0 Å². The molecular formula is C16H29N5OS. The van der Waals surface area contributed by atoms with Gasteiger partial charge in [-0.25, -0.2) is 0 Å². The summed E-state index contributed by atoms with van der Waals surface area (Å²) in [6.07, 6.45) is 4.32. The van der Waals surface area contributed by atoms with Crippen molar-refractivity contribution in [2.75, 3.05) is 25.9 Å². The molecule has 1 aromatic rings. The lowest BCUT2D eigenvalue weighted by molar-refractivity contribution is 0.368. The monoisotopic (exact) mass is 339 g/mol. The van der Waals surface area contributed by atoms with Crippen molar-refractivity contribution in [2.45, 2.75) is 57.1 Å². The minimum Gasteiger partial charge on any atom is -0.356 e. The summed E-state index contributed by atoms with van der Waals surface area (Å²) >= 11 is 2.05. The lowest BCUT2D eigenvalue weighted by Gasteiger charge is -2.24. The van der Waals surface area contributed by atoms with Crippen molar-refractivity contribution >= 4 is 17.7 Å². The first-order chi connectivity index (χ1) is 11.0. The van der Waals surface area contributed by atoms with E-state index in [9.17, 15) is 0 Å². The van der Waals surface area contributed by atoms with Crippen molar-refractivity contribution in [1.82, 2.24) is 20.8 Å². The van der Waals surface area contributed by atoms with Gasteiger partial charge in [0, 0.05) is 37.2 Å². The minimum atomic E-state index is 0.309. The molecule has 1 aliphatic heterocycles. The van der Waals surface area contributed by atoms with E-state index >= 15 is 0 Å². The Morgan fingerprint density at radius 1 is 1.43 bits per heavy atom. The van der Waals surface area contributed by atoms with E-state index in [1.165, 1.54) is 18.6 Å². The highest BCUT2D eigenvalue weighted by Crippen LogP contribution is 2.36. The van der Waals surface area contributed by atoms with Gasteiger partial charge in [-0.1, -0.05) is 19.0 Å². The second-order valence-corrected chi connectivity index (χ2v) is 8.24. The highest BCUT2D eigenvalue weighted by molar-refractivity contribution is 8.00. The highest BCUT2D eigenvalue weighted by atomic mass is 32.2. The number of guanidine groups is 1. The smallest absolute Gasteiger partial charge is 0.226 e. The van der Waals surface area contributed by atoms with Gasteiger partial charge in [-0.05, 0) is 31.9 Å². The molecule has 2 rings (SSSR count). The second kappa shape index (κ2) is 8.57. The molecule has 0 aliphatic carbocycles. The molecule has 0 radical (unpaired) electrons. The normalized spacial score (nSPS) is 21.9. The van der Waals surface area contributed by atoms with E-state index in [-0.39, 0.29) is 0 Å². The average molecular weight is 340 g/mol.